The van der Waals surface area contributed by atoms with Crippen LogP contribution < -0.4 is 11.1 Å². The lowest BCUT2D eigenvalue weighted by atomic mass is 9.67. The number of halogens is 2. The van der Waals surface area contributed by atoms with Crippen molar-refractivity contribution in [3.05, 3.63) is 48.0 Å². The number of carbonyl (C=O) groups excluding carboxylic acids is 1. The molecule has 2 aliphatic carbocycles. The summed E-state index contributed by atoms with van der Waals surface area (Å²) in [7, 11) is 0. The maximum Gasteiger partial charge on any atom is 0.272 e. The van der Waals surface area contributed by atoms with E-state index >= 15 is 0 Å². The molecule has 2 unspecified atom stereocenters. The summed E-state index contributed by atoms with van der Waals surface area (Å²) in [6, 6.07) is 8.20. The minimum atomic E-state index is -0.295. The molecule has 0 saturated heterocycles. The van der Waals surface area contributed by atoms with Crippen molar-refractivity contribution in [3.63, 3.8) is 0 Å². The summed E-state index contributed by atoms with van der Waals surface area (Å²) in [5.74, 6) is 0.519. The predicted octanol–water partition coefficient (Wildman–Crippen LogP) is 3.07. The van der Waals surface area contributed by atoms with Gasteiger partial charge in [-0.15, -0.1) is 12.4 Å². The van der Waals surface area contributed by atoms with E-state index in [0.717, 1.165) is 31.4 Å². The Bertz CT molecular complexity index is 749. The Kier molecular flexibility index (Phi) is 5.63. The normalized spacial score (nSPS) is 27.5. The number of benzene rings is 1. The Hall–Kier alpha value is -1.92. The molecule has 7 heteroatoms. The van der Waals surface area contributed by atoms with Gasteiger partial charge < -0.3 is 11.1 Å². The first kappa shape index (κ1) is 18.9. The van der Waals surface area contributed by atoms with E-state index < -0.39 is 0 Å². The average Bonchev–Trinajstić information content (AvgIpc) is 3.06. The summed E-state index contributed by atoms with van der Waals surface area (Å²) in [5, 5.41) is 7.54. The highest BCUT2D eigenvalue weighted by molar-refractivity contribution is 5.92. The standard InChI is InChI=1S/C19H23FN4O.ClH/c20-14-4-6-16(7-5-14)24-9-8-17(23-24)19(25)22-18-12-2-1-3-13(18)11-15(21)10-12;/h4-9,12-13,15,18H,1-3,10-11,21H2,(H,22,25);1H. The number of hydrogen-bond donors (Lipinski definition) is 2. The highest BCUT2D eigenvalue weighted by atomic mass is 35.5. The van der Waals surface area contributed by atoms with Crippen molar-refractivity contribution in [1.29, 1.82) is 0 Å². The fraction of sp³-hybridized carbons (Fsp3) is 0.474. The van der Waals surface area contributed by atoms with Gasteiger partial charge in [0.2, 0.25) is 0 Å². The van der Waals surface area contributed by atoms with Gasteiger partial charge in [0.05, 0.1) is 5.69 Å². The van der Waals surface area contributed by atoms with E-state index in [2.05, 4.69) is 10.4 Å². The zero-order valence-electron chi connectivity index (χ0n) is 14.5. The van der Waals surface area contributed by atoms with Crippen LogP contribution in [0, 0.1) is 17.7 Å². The Balaban J connectivity index is 0.00000196. The molecule has 140 valence electrons. The van der Waals surface area contributed by atoms with Crippen LogP contribution in [0.15, 0.2) is 36.5 Å². The number of aromatic nitrogens is 2. The highest BCUT2D eigenvalue weighted by Crippen LogP contribution is 2.39. The lowest BCUT2D eigenvalue weighted by molar-refractivity contribution is 0.0751. The van der Waals surface area contributed by atoms with E-state index in [1.807, 2.05) is 0 Å². The number of nitrogens with two attached hydrogens (primary N) is 1. The predicted molar refractivity (Wildman–Crippen MR) is 100 cm³/mol. The molecular formula is C19H24ClFN4O. The molecule has 4 rings (SSSR count). The summed E-state index contributed by atoms with van der Waals surface area (Å²) in [6.07, 6.45) is 7.21. The van der Waals surface area contributed by atoms with E-state index in [4.69, 9.17) is 5.73 Å². The van der Waals surface area contributed by atoms with Crippen LogP contribution in [0.25, 0.3) is 5.69 Å². The number of amides is 1. The lowest BCUT2D eigenvalue weighted by Crippen LogP contribution is -2.53. The van der Waals surface area contributed by atoms with E-state index in [9.17, 15) is 9.18 Å². The number of hydrogen-bond acceptors (Lipinski definition) is 3. The Morgan fingerprint density at radius 1 is 1.15 bits per heavy atom. The molecule has 1 aromatic carbocycles. The summed E-state index contributed by atoms with van der Waals surface area (Å²) in [4.78, 5) is 12.6. The van der Waals surface area contributed by atoms with Gasteiger partial charge in [0, 0.05) is 18.3 Å². The molecule has 0 radical (unpaired) electrons. The van der Waals surface area contributed by atoms with Crippen LogP contribution in [-0.4, -0.2) is 27.8 Å². The zero-order valence-corrected chi connectivity index (χ0v) is 15.3. The second-order valence-electron chi connectivity index (χ2n) is 7.30. The largest absolute Gasteiger partial charge is 0.347 e. The minimum Gasteiger partial charge on any atom is -0.347 e. The maximum absolute atomic E-state index is 13.0. The van der Waals surface area contributed by atoms with E-state index in [1.165, 1.54) is 18.6 Å². The maximum atomic E-state index is 13.0. The third kappa shape index (κ3) is 3.76. The fourth-order valence-electron chi connectivity index (χ4n) is 4.43. The molecule has 0 spiro atoms. The molecule has 2 bridgehead atoms. The molecule has 26 heavy (non-hydrogen) atoms. The van der Waals surface area contributed by atoms with Gasteiger partial charge in [-0.05, 0) is 67.9 Å². The van der Waals surface area contributed by atoms with Crippen LogP contribution >= 0.6 is 12.4 Å². The van der Waals surface area contributed by atoms with Gasteiger partial charge in [0.15, 0.2) is 5.69 Å². The Morgan fingerprint density at radius 3 is 2.46 bits per heavy atom. The van der Waals surface area contributed by atoms with Gasteiger partial charge in [-0.1, -0.05) is 6.42 Å². The number of rotatable bonds is 3. The molecule has 3 N–H and O–H groups in total. The number of fused-ring (bicyclic) bond motifs is 2. The summed E-state index contributed by atoms with van der Waals surface area (Å²) >= 11 is 0. The first-order valence-corrected chi connectivity index (χ1v) is 8.98. The van der Waals surface area contributed by atoms with Crippen molar-refractivity contribution >= 4 is 18.3 Å². The summed E-state index contributed by atoms with van der Waals surface area (Å²) in [6.45, 7) is 0. The first-order valence-electron chi connectivity index (χ1n) is 8.98. The van der Waals surface area contributed by atoms with Crippen molar-refractivity contribution in [2.75, 3.05) is 0 Å². The average molecular weight is 379 g/mol. The lowest BCUT2D eigenvalue weighted by Gasteiger charge is -2.45. The van der Waals surface area contributed by atoms with Gasteiger partial charge in [0.1, 0.15) is 5.82 Å². The molecule has 1 amide bonds. The van der Waals surface area contributed by atoms with Gasteiger partial charge >= 0.3 is 0 Å². The van der Waals surface area contributed by atoms with Crippen LogP contribution in [0.5, 0.6) is 0 Å². The van der Waals surface area contributed by atoms with E-state index in [1.54, 1.807) is 29.1 Å². The zero-order chi connectivity index (χ0) is 17.4. The highest BCUT2D eigenvalue weighted by Gasteiger charge is 2.40. The SMILES string of the molecule is Cl.NC1CC2CCCC(C1)C2NC(=O)c1ccn(-c2ccc(F)cc2)n1. The van der Waals surface area contributed by atoms with Gasteiger partial charge in [-0.2, -0.15) is 5.10 Å². The molecule has 2 fully saturated rings. The number of carbonyl (C=O) groups is 1. The molecule has 1 heterocycles. The second kappa shape index (κ2) is 7.76. The Morgan fingerprint density at radius 2 is 1.81 bits per heavy atom. The second-order valence-corrected chi connectivity index (χ2v) is 7.30. The third-order valence-electron chi connectivity index (χ3n) is 5.59. The molecule has 1 aromatic heterocycles. The van der Waals surface area contributed by atoms with Crippen LogP contribution in [0.1, 0.15) is 42.6 Å². The molecule has 2 aliphatic rings. The molecule has 2 atom stereocenters. The molecule has 2 saturated carbocycles. The molecule has 0 aliphatic heterocycles. The van der Waals surface area contributed by atoms with Gasteiger partial charge in [0.25, 0.3) is 5.91 Å². The first-order chi connectivity index (χ1) is 12.1. The Labute approximate surface area is 158 Å². The number of nitrogens with one attached hydrogen (secondary N) is 1. The van der Waals surface area contributed by atoms with Crippen molar-refractivity contribution < 1.29 is 9.18 Å². The monoisotopic (exact) mass is 378 g/mol. The minimum absolute atomic E-state index is 0. The van der Waals surface area contributed by atoms with Gasteiger partial charge in [-0.25, -0.2) is 9.07 Å². The molecule has 5 nitrogen and oxygen atoms in total. The van der Waals surface area contributed by atoms with Crippen LogP contribution in [-0.2, 0) is 0 Å². The van der Waals surface area contributed by atoms with E-state index in [0.29, 0.717) is 17.5 Å². The van der Waals surface area contributed by atoms with Crippen molar-refractivity contribution in [2.24, 2.45) is 17.6 Å². The smallest absolute Gasteiger partial charge is 0.272 e. The van der Waals surface area contributed by atoms with Crippen LogP contribution in [0.4, 0.5) is 4.39 Å². The third-order valence-corrected chi connectivity index (χ3v) is 5.59. The quantitative estimate of drug-likeness (QED) is 0.862. The van der Waals surface area contributed by atoms with Crippen molar-refractivity contribution in [2.45, 2.75) is 44.2 Å². The topological polar surface area (TPSA) is 72.9 Å². The van der Waals surface area contributed by atoms with Crippen LogP contribution in [0.3, 0.4) is 0 Å². The van der Waals surface area contributed by atoms with Crippen molar-refractivity contribution in [3.8, 4) is 5.69 Å². The molecule has 2 aromatic rings. The summed E-state index contributed by atoms with van der Waals surface area (Å²) in [5.41, 5.74) is 7.26. The van der Waals surface area contributed by atoms with E-state index in [-0.39, 0.29) is 36.2 Å². The molecular weight excluding hydrogens is 355 g/mol. The number of nitrogens with zero attached hydrogens (tertiary/aromatic N) is 2. The van der Waals surface area contributed by atoms with Gasteiger partial charge in [-0.3, -0.25) is 4.79 Å². The van der Waals surface area contributed by atoms with Crippen LogP contribution in [0.2, 0.25) is 0 Å². The van der Waals surface area contributed by atoms with Crippen molar-refractivity contribution in [1.82, 2.24) is 15.1 Å². The fourth-order valence-corrected chi connectivity index (χ4v) is 4.43. The summed E-state index contributed by atoms with van der Waals surface area (Å²) < 4.78 is 14.6.